The van der Waals surface area contributed by atoms with Gasteiger partial charge in [0.2, 0.25) is 0 Å². The highest BCUT2D eigenvalue weighted by atomic mass is 79.9. The third-order valence-electron chi connectivity index (χ3n) is 3.64. The van der Waals surface area contributed by atoms with Crippen LogP contribution in [0.15, 0.2) is 10.7 Å². The van der Waals surface area contributed by atoms with Gasteiger partial charge in [-0.1, -0.05) is 27.7 Å². The van der Waals surface area contributed by atoms with Crippen molar-refractivity contribution >= 4 is 15.9 Å². The van der Waals surface area contributed by atoms with Gasteiger partial charge in [-0.15, -0.1) is 0 Å². The summed E-state index contributed by atoms with van der Waals surface area (Å²) < 4.78 is 8.30. The Balaban J connectivity index is 2.65. The fourth-order valence-electron chi connectivity index (χ4n) is 2.23. The fourth-order valence-corrected chi connectivity index (χ4v) is 2.88. The van der Waals surface area contributed by atoms with E-state index in [0.717, 1.165) is 24.1 Å². The minimum atomic E-state index is 0.448. The zero-order valence-corrected chi connectivity index (χ0v) is 14.9. The molecule has 2 unspecified atom stereocenters. The molecule has 0 aromatic carbocycles. The first-order chi connectivity index (χ1) is 9.47. The van der Waals surface area contributed by atoms with Crippen LogP contribution in [0.25, 0.3) is 0 Å². The number of aromatic nitrogens is 2. The molecule has 1 rings (SSSR count). The summed E-state index contributed by atoms with van der Waals surface area (Å²) in [6.45, 7) is 12.6. The smallest absolute Gasteiger partial charge is 0.0658 e. The van der Waals surface area contributed by atoms with Gasteiger partial charge in [-0.25, -0.2) is 0 Å². The predicted octanol–water partition coefficient (Wildman–Crippen LogP) is 3.28. The first-order valence-corrected chi connectivity index (χ1v) is 8.17. The van der Waals surface area contributed by atoms with E-state index in [-0.39, 0.29) is 0 Å². The van der Waals surface area contributed by atoms with E-state index in [9.17, 15) is 0 Å². The monoisotopic (exact) mass is 345 g/mol. The minimum absolute atomic E-state index is 0.448. The molecule has 0 aliphatic heterocycles. The molecule has 116 valence electrons. The lowest BCUT2D eigenvalue weighted by molar-refractivity contribution is 0.181. The van der Waals surface area contributed by atoms with Gasteiger partial charge in [0.25, 0.3) is 0 Å². The van der Waals surface area contributed by atoms with Crippen molar-refractivity contribution in [3.8, 4) is 0 Å². The van der Waals surface area contributed by atoms with Crippen LogP contribution in [0.5, 0.6) is 0 Å². The molecule has 0 radical (unpaired) electrons. The number of hydrogen-bond acceptors (Lipinski definition) is 3. The van der Waals surface area contributed by atoms with Gasteiger partial charge in [0.15, 0.2) is 0 Å². The van der Waals surface area contributed by atoms with Crippen molar-refractivity contribution < 1.29 is 4.74 Å². The second kappa shape index (κ2) is 8.80. The quantitative estimate of drug-likeness (QED) is 0.746. The third kappa shape index (κ3) is 5.19. The third-order valence-corrected chi connectivity index (χ3v) is 4.26. The second-order valence-electron chi connectivity index (χ2n) is 5.91. The largest absolute Gasteiger partial charge is 0.383 e. The SMILES string of the molecule is COCCn1ncc(Br)c1C(C)C(C)CNCC(C)C. The molecule has 1 N–H and O–H groups in total. The van der Waals surface area contributed by atoms with Crippen molar-refractivity contribution in [2.24, 2.45) is 11.8 Å². The molecular formula is C15H28BrN3O. The molecule has 2 atom stereocenters. The molecule has 5 heteroatoms. The molecule has 0 spiro atoms. The Bertz CT molecular complexity index is 392. The van der Waals surface area contributed by atoms with Gasteiger partial charge in [-0.3, -0.25) is 4.68 Å². The highest BCUT2D eigenvalue weighted by Crippen LogP contribution is 2.30. The summed E-state index contributed by atoms with van der Waals surface area (Å²) >= 11 is 3.62. The molecular weight excluding hydrogens is 318 g/mol. The van der Waals surface area contributed by atoms with Crippen molar-refractivity contribution in [2.45, 2.75) is 40.2 Å². The van der Waals surface area contributed by atoms with E-state index in [4.69, 9.17) is 4.74 Å². The Morgan fingerprint density at radius 1 is 1.30 bits per heavy atom. The summed E-state index contributed by atoms with van der Waals surface area (Å²) in [6, 6.07) is 0. The van der Waals surface area contributed by atoms with Gasteiger partial charge in [0, 0.05) is 13.0 Å². The van der Waals surface area contributed by atoms with E-state index >= 15 is 0 Å². The minimum Gasteiger partial charge on any atom is -0.383 e. The van der Waals surface area contributed by atoms with Crippen LogP contribution in [0.2, 0.25) is 0 Å². The van der Waals surface area contributed by atoms with Crippen LogP contribution in [-0.2, 0) is 11.3 Å². The van der Waals surface area contributed by atoms with Crippen LogP contribution in [0, 0.1) is 11.8 Å². The van der Waals surface area contributed by atoms with Crippen LogP contribution in [0.3, 0.4) is 0 Å². The van der Waals surface area contributed by atoms with Gasteiger partial charge in [0.1, 0.15) is 0 Å². The number of nitrogens with one attached hydrogen (secondary N) is 1. The summed E-state index contributed by atoms with van der Waals surface area (Å²) in [5, 5.41) is 7.97. The molecule has 1 heterocycles. The Morgan fingerprint density at radius 2 is 2.00 bits per heavy atom. The Hall–Kier alpha value is -0.390. The molecule has 4 nitrogen and oxygen atoms in total. The Kier molecular flexibility index (Phi) is 7.77. The van der Waals surface area contributed by atoms with Gasteiger partial charge >= 0.3 is 0 Å². The van der Waals surface area contributed by atoms with Gasteiger partial charge in [-0.2, -0.15) is 5.10 Å². The van der Waals surface area contributed by atoms with Crippen LogP contribution in [0.4, 0.5) is 0 Å². The molecule has 0 aliphatic carbocycles. The maximum Gasteiger partial charge on any atom is 0.0658 e. The van der Waals surface area contributed by atoms with E-state index in [2.05, 4.69) is 58.7 Å². The highest BCUT2D eigenvalue weighted by molar-refractivity contribution is 9.10. The first kappa shape index (κ1) is 17.7. The van der Waals surface area contributed by atoms with Crippen molar-refractivity contribution in [1.29, 1.82) is 0 Å². The molecule has 20 heavy (non-hydrogen) atoms. The van der Waals surface area contributed by atoms with Gasteiger partial charge < -0.3 is 10.1 Å². The standard InChI is InChI=1S/C15H28BrN3O/c1-11(2)8-17-9-12(3)13(4)15-14(16)10-18-19(15)6-7-20-5/h10-13,17H,6-9H2,1-5H3. The molecule has 0 saturated carbocycles. The van der Waals surface area contributed by atoms with E-state index in [1.165, 1.54) is 5.69 Å². The molecule has 0 amide bonds. The Labute approximate surface area is 131 Å². The number of hydrogen-bond donors (Lipinski definition) is 1. The van der Waals surface area contributed by atoms with Crippen LogP contribution in [0.1, 0.15) is 39.3 Å². The summed E-state index contributed by atoms with van der Waals surface area (Å²) in [7, 11) is 1.72. The highest BCUT2D eigenvalue weighted by Gasteiger charge is 2.21. The van der Waals surface area contributed by atoms with E-state index in [1.807, 2.05) is 6.20 Å². The predicted molar refractivity (Wildman–Crippen MR) is 87.1 cm³/mol. The lowest BCUT2D eigenvalue weighted by Gasteiger charge is -2.22. The van der Waals surface area contributed by atoms with Gasteiger partial charge in [0.05, 0.1) is 29.5 Å². The van der Waals surface area contributed by atoms with E-state index < -0.39 is 0 Å². The van der Waals surface area contributed by atoms with Crippen LogP contribution < -0.4 is 5.32 Å². The second-order valence-corrected chi connectivity index (χ2v) is 6.77. The van der Waals surface area contributed by atoms with Crippen molar-refractivity contribution in [3.05, 3.63) is 16.4 Å². The van der Waals surface area contributed by atoms with E-state index in [1.54, 1.807) is 7.11 Å². The Morgan fingerprint density at radius 3 is 2.60 bits per heavy atom. The molecule has 0 saturated heterocycles. The molecule has 0 fully saturated rings. The molecule has 1 aromatic heterocycles. The number of halogens is 1. The normalized spacial score (nSPS) is 14.8. The number of ether oxygens (including phenoxy) is 1. The van der Waals surface area contributed by atoms with Crippen LogP contribution >= 0.6 is 15.9 Å². The molecule has 0 bridgehead atoms. The summed E-state index contributed by atoms with van der Waals surface area (Å²) in [5.74, 6) is 1.70. The zero-order valence-electron chi connectivity index (χ0n) is 13.3. The fraction of sp³-hybridized carbons (Fsp3) is 0.800. The van der Waals surface area contributed by atoms with Crippen molar-refractivity contribution in [3.63, 3.8) is 0 Å². The average molecular weight is 346 g/mol. The summed E-state index contributed by atoms with van der Waals surface area (Å²) in [6.07, 6.45) is 1.88. The van der Waals surface area contributed by atoms with Crippen LogP contribution in [-0.4, -0.2) is 36.6 Å². The van der Waals surface area contributed by atoms with Crippen molar-refractivity contribution in [2.75, 3.05) is 26.8 Å². The lowest BCUT2D eigenvalue weighted by Crippen LogP contribution is -2.28. The maximum absolute atomic E-state index is 5.15. The maximum atomic E-state index is 5.15. The molecule has 1 aromatic rings. The zero-order chi connectivity index (χ0) is 15.1. The van der Waals surface area contributed by atoms with Gasteiger partial charge in [-0.05, 0) is 40.9 Å². The first-order valence-electron chi connectivity index (χ1n) is 7.38. The number of nitrogens with zero attached hydrogens (tertiary/aromatic N) is 2. The number of methoxy groups -OCH3 is 1. The molecule has 0 aliphatic rings. The van der Waals surface area contributed by atoms with E-state index in [0.29, 0.717) is 24.4 Å². The summed E-state index contributed by atoms with van der Waals surface area (Å²) in [5.41, 5.74) is 1.26. The average Bonchev–Trinajstić information content (AvgIpc) is 2.76. The summed E-state index contributed by atoms with van der Waals surface area (Å²) in [4.78, 5) is 0. The lowest BCUT2D eigenvalue weighted by atomic mass is 9.92. The number of rotatable bonds is 9. The van der Waals surface area contributed by atoms with Crippen molar-refractivity contribution in [1.82, 2.24) is 15.1 Å². The topological polar surface area (TPSA) is 39.1 Å².